The number of Topliss-reactive ketones (excluding diaryl/α,β-unsaturated/α-hetero) is 1. The van der Waals surface area contributed by atoms with Crippen molar-refractivity contribution >= 4 is 11.5 Å². The lowest BCUT2D eigenvalue weighted by atomic mass is 10.1. The summed E-state index contributed by atoms with van der Waals surface area (Å²) in [6.45, 7) is 8.05. The molecule has 3 nitrogen and oxygen atoms in total. The van der Waals surface area contributed by atoms with Crippen LogP contribution >= 0.6 is 0 Å². The molecule has 0 aromatic heterocycles. The number of hydrogen-bond acceptors (Lipinski definition) is 2. The van der Waals surface area contributed by atoms with E-state index in [1.54, 1.807) is 0 Å². The van der Waals surface area contributed by atoms with Crippen LogP contribution in [-0.2, 0) is 0 Å². The summed E-state index contributed by atoms with van der Waals surface area (Å²) < 4.78 is 18.0. The molecule has 0 atom stereocenters. The number of carbonyl (C=O) groups is 1. The number of carbonyl (C=O) groups excluding carboxylic acids is 1. The Hall–Kier alpha value is -1.89. The Morgan fingerprint density at radius 3 is 2.64 bits per heavy atom. The highest BCUT2D eigenvalue weighted by molar-refractivity contribution is 5.95. The molecule has 0 aliphatic rings. The van der Waals surface area contributed by atoms with Crippen LogP contribution in [0.1, 0.15) is 17.3 Å². The smallest absolute Gasteiger partial charge is 0.262 e. The molecule has 4 heteroatoms. The second-order valence-electron chi connectivity index (χ2n) is 2.68. The number of halogens is 1. The molecular weight excluding hydrogens is 185 g/mol. The fourth-order valence-corrected chi connectivity index (χ4v) is 1.04. The topological polar surface area (TPSA) is 30.7 Å². The zero-order chi connectivity index (χ0) is 10.7. The molecule has 72 valence electrons. The van der Waals surface area contributed by atoms with Crippen LogP contribution in [0.3, 0.4) is 0 Å². The van der Waals surface area contributed by atoms with Crippen LogP contribution in [0.4, 0.5) is 10.1 Å². The summed E-state index contributed by atoms with van der Waals surface area (Å²) in [5.74, 6) is -0.909. The van der Waals surface area contributed by atoms with Crippen LogP contribution in [0.25, 0.3) is 4.85 Å². The Kier molecular flexibility index (Phi) is 2.82. The summed E-state index contributed by atoms with van der Waals surface area (Å²) in [5.41, 5.74) is 0.00394. The molecule has 0 fully saturated rings. The summed E-state index contributed by atoms with van der Waals surface area (Å²) >= 11 is 0. The van der Waals surface area contributed by atoms with Gasteiger partial charge in [-0.15, -0.1) is 0 Å². The molecule has 0 aliphatic carbocycles. The maximum Gasteiger partial charge on any atom is 0.262 e. The van der Waals surface area contributed by atoms with Gasteiger partial charge in [0.05, 0.1) is 13.7 Å². The normalized spacial score (nSPS) is 9.29. The van der Waals surface area contributed by atoms with Crippen LogP contribution in [0.5, 0.6) is 5.75 Å². The Morgan fingerprint density at radius 1 is 1.57 bits per heavy atom. The summed E-state index contributed by atoms with van der Waals surface area (Å²) in [6, 6.07) is 2.40. The van der Waals surface area contributed by atoms with Gasteiger partial charge in [-0.05, 0) is 19.1 Å². The highest BCUT2D eigenvalue weighted by Crippen LogP contribution is 2.31. The number of methoxy groups -OCH3 is 1. The minimum absolute atomic E-state index is 0.0881. The van der Waals surface area contributed by atoms with Gasteiger partial charge in [0.15, 0.2) is 5.78 Å². The van der Waals surface area contributed by atoms with E-state index in [1.165, 1.54) is 20.1 Å². The number of nitrogens with zero attached hydrogens (tertiary/aromatic N) is 1. The van der Waals surface area contributed by atoms with E-state index in [1.807, 2.05) is 0 Å². The average Bonchev–Trinajstić information content (AvgIpc) is 2.16. The molecule has 1 aromatic rings. The van der Waals surface area contributed by atoms with Crippen molar-refractivity contribution in [3.05, 3.63) is 34.9 Å². The molecule has 14 heavy (non-hydrogen) atoms. The van der Waals surface area contributed by atoms with Crippen molar-refractivity contribution < 1.29 is 13.9 Å². The quantitative estimate of drug-likeness (QED) is 0.533. The van der Waals surface area contributed by atoms with Gasteiger partial charge in [-0.3, -0.25) is 4.79 Å². The maximum absolute atomic E-state index is 13.2. The van der Waals surface area contributed by atoms with Crippen molar-refractivity contribution in [3.63, 3.8) is 0 Å². The van der Waals surface area contributed by atoms with Gasteiger partial charge in [-0.25, -0.2) is 9.24 Å². The predicted molar refractivity (Wildman–Crippen MR) is 49.2 cm³/mol. The van der Waals surface area contributed by atoms with Gasteiger partial charge in [0, 0.05) is 5.56 Å². The second kappa shape index (κ2) is 3.88. The zero-order valence-corrected chi connectivity index (χ0v) is 7.80. The Labute approximate surface area is 80.9 Å². The second-order valence-corrected chi connectivity index (χ2v) is 2.68. The van der Waals surface area contributed by atoms with E-state index in [2.05, 4.69) is 4.85 Å². The van der Waals surface area contributed by atoms with Crippen molar-refractivity contribution in [2.75, 3.05) is 7.11 Å². The third-order valence-corrected chi connectivity index (χ3v) is 1.77. The highest BCUT2D eigenvalue weighted by atomic mass is 19.1. The van der Waals surface area contributed by atoms with E-state index in [0.29, 0.717) is 0 Å². The first-order valence-corrected chi connectivity index (χ1v) is 3.86. The molecular formula is C10H8FNO2. The Balaban J connectivity index is 3.40. The van der Waals surface area contributed by atoms with Crippen molar-refractivity contribution in [2.45, 2.75) is 6.92 Å². The fourth-order valence-electron chi connectivity index (χ4n) is 1.04. The summed E-state index contributed by atoms with van der Waals surface area (Å²) in [6.07, 6.45) is 0. The van der Waals surface area contributed by atoms with Crippen LogP contribution in [0.15, 0.2) is 12.1 Å². The van der Waals surface area contributed by atoms with E-state index in [9.17, 15) is 9.18 Å². The third kappa shape index (κ3) is 1.72. The van der Waals surface area contributed by atoms with E-state index in [4.69, 9.17) is 11.3 Å². The van der Waals surface area contributed by atoms with E-state index >= 15 is 0 Å². The van der Waals surface area contributed by atoms with Gasteiger partial charge in [-0.1, -0.05) is 0 Å². The highest BCUT2D eigenvalue weighted by Gasteiger charge is 2.13. The first-order chi connectivity index (χ1) is 6.60. The molecule has 0 aliphatic heterocycles. The van der Waals surface area contributed by atoms with E-state index < -0.39 is 5.82 Å². The van der Waals surface area contributed by atoms with Crippen LogP contribution in [-0.4, -0.2) is 12.9 Å². The van der Waals surface area contributed by atoms with Gasteiger partial charge in [0.25, 0.3) is 5.69 Å². The zero-order valence-electron chi connectivity index (χ0n) is 7.80. The molecule has 0 spiro atoms. The van der Waals surface area contributed by atoms with E-state index in [0.717, 1.165) is 6.07 Å². The van der Waals surface area contributed by atoms with Gasteiger partial charge in [0.2, 0.25) is 0 Å². The monoisotopic (exact) mass is 193 g/mol. The van der Waals surface area contributed by atoms with Crippen molar-refractivity contribution in [1.29, 1.82) is 0 Å². The predicted octanol–water partition coefficient (Wildman–Crippen LogP) is 2.59. The Bertz CT molecular complexity index is 421. The molecule has 0 saturated heterocycles. The minimum atomic E-state index is -0.732. The third-order valence-electron chi connectivity index (χ3n) is 1.77. The SMILES string of the molecule is [C-]#[N+]c1c(F)cc(C(C)=O)cc1OC. The van der Waals surface area contributed by atoms with Crippen LogP contribution < -0.4 is 4.74 Å². The molecule has 0 bridgehead atoms. The van der Waals surface area contributed by atoms with E-state index in [-0.39, 0.29) is 22.8 Å². The molecule has 0 heterocycles. The first-order valence-electron chi connectivity index (χ1n) is 3.86. The summed E-state index contributed by atoms with van der Waals surface area (Å²) in [5, 5.41) is 0. The number of ketones is 1. The summed E-state index contributed by atoms with van der Waals surface area (Å²) in [7, 11) is 1.33. The lowest BCUT2D eigenvalue weighted by Crippen LogP contribution is -1.95. The first kappa shape index (κ1) is 10.2. The molecule has 0 amide bonds. The molecule has 0 saturated carbocycles. The molecule has 1 rings (SSSR count). The van der Waals surface area contributed by atoms with Gasteiger partial charge in [-0.2, -0.15) is 0 Å². The lowest BCUT2D eigenvalue weighted by Gasteiger charge is -2.05. The molecule has 0 unspecified atom stereocenters. The minimum Gasteiger partial charge on any atom is -0.508 e. The Morgan fingerprint density at radius 2 is 2.21 bits per heavy atom. The number of benzene rings is 1. The van der Waals surface area contributed by atoms with Crippen molar-refractivity contribution in [3.8, 4) is 5.75 Å². The summed E-state index contributed by atoms with van der Waals surface area (Å²) in [4.78, 5) is 13.9. The standard InChI is InChI=1S/C10H8FNO2/c1-6(13)7-4-8(11)10(12-2)9(5-7)14-3/h4-5H,1,3H3. The number of ether oxygens (including phenoxy) is 1. The van der Waals surface area contributed by atoms with Crippen molar-refractivity contribution in [2.24, 2.45) is 0 Å². The van der Waals surface area contributed by atoms with Crippen molar-refractivity contribution in [1.82, 2.24) is 0 Å². The lowest BCUT2D eigenvalue weighted by molar-refractivity contribution is 0.101. The number of hydrogen-bond donors (Lipinski definition) is 0. The molecule has 0 N–H and O–H groups in total. The average molecular weight is 193 g/mol. The largest absolute Gasteiger partial charge is 0.508 e. The van der Waals surface area contributed by atoms with Gasteiger partial charge < -0.3 is 4.74 Å². The van der Waals surface area contributed by atoms with Gasteiger partial charge in [0.1, 0.15) is 11.6 Å². The number of rotatable bonds is 2. The maximum atomic E-state index is 13.2. The van der Waals surface area contributed by atoms with Crippen LogP contribution in [0, 0.1) is 12.4 Å². The molecule has 1 aromatic carbocycles. The fraction of sp³-hybridized carbons (Fsp3) is 0.200. The molecule has 0 radical (unpaired) electrons. The van der Waals surface area contributed by atoms with Gasteiger partial charge >= 0.3 is 0 Å². The van der Waals surface area contributed by atoms with Crippen LogP contribution in [0.2, 0.25) is 0 Å².